The predicted octanol–water partition coefficient (Wildman–Crippen LogP) is 2.33. The molecule has 0 saturated carbocycles. The van der Waals surface area contributed by atoms with Gasteiger partial charge in [0.2, 0.25) is 0 Å². The molecule has 0 amide bonds. The molecule has 1 aromatic carbocycles. The highest BCUT2D eigenvalue weighted by atomic mass is 35.5. The number of nitrogens with zero attached hydrogens (tertiary/aromatic N) is 1. The zero-order valence-electron chi connectivity index (χ0n) is 9.45. The van der Waals surface area contributed by atoms with E-state index in [1.807, 2.05) is 6.07 Å². The van der Waals surface area contributed by atoms with E-state index in [9.17, 15) is 0 Å². The van der Waals surface area contributed by atoms with Gasteiger partial charge in [0.1, 0.15) is 5.82 Å². The fraction of sp³-hybridized carbons (Fsp3) is 0.182. The Balaban J connectivity index is 2.61. The molecule has 0 spiro atoms. The molecule has 0 aliphatic rings. The van der Waals surface area contributed by atoms with E-state index in [4.69, 9.17) is 26.8 Å². The number of nitrogens with one attached hydrogen (secondary N) is 1. The summed E-state index contributed by atoms with van der Waals surface area (Å²) in [5.74, 6) is 1.51. The van der Waals surface area contributed by atoms with E-state index in [1.165, 1.54) is 7.11 Å². The van der Waals surface area contributed by atoms with Gasteiger partial charge in [0.05, 0.1) is 25.4 Å². The van der Waals surface area contributed by atoms with Crippen LogP contribution in [0.2, 0.25) is 5.02 Å². The van der Waals surface area contributed by atoms with Crippen molar-refractivity contribution in [3.05, 3.63) is 23.4 Å². The van der Waals surface area contributed by atoms with Crippen molar-refractivity contribution < 1.29 is 9.47 Å². The fourth-order valence-corrected chi connectivity index (χ4v) is 1.94. The van der Waals surface area contributed by atoms with Crippen molar-refractivity contribution in [3.8, 4) is 22.6 Å². The zero-order chi connectivity index (χ0) is 12.4. The van der Waals surface area contributed by atoms with Crippen LogP contribution < -0.4 is 15.2 Å². The van der Waals surface area contributed by atoms with Crippen molar-refractivity contribution >= 4 is 17.4 Å². The Kier molecular flexibility index (Phi) is 3.10. The van der Waals surface area contributed by atoms with Gasteiger partial charge in [-0.15, -0.1) is 0 Å². The quantitative estimate of drug-likeness (QED) is 0.881. The molecule has 0 saturated heterocycles. The number of aromatic amines is 1. The largest absolute Gasteiger partial charge is 0.493 e. The molecule has 0 bridgehead atoms. The lowest BCUT2D eigenvalue weighted by Gasteiger charge is -2.12. The van der Waals surface area contributed by atoms with Crippen molar-refractivity contribution in [1.29, 1.82) is 0 Å². The summed E-state index contributed by atoms with van der Waals surface area (Å²) in [4.78, 5) is 0. The second kappa shape index (κ2) is 4.55. The Labute approximate surface area is 103 Å². The molecule has 0 unspecified atom stereocenters. The van der Waals surface area contributed by atoms with Gasteiger partial charge in [-0.1, -0.05) is 11.6 Å². The van der Waals surface area contributed by atoms with Gasteiger partial charge in [-0.05, 0) is 12.1 Å². The number of halogens is 1. The molecule has 5 nitrogen and oxygen atoms in total. The first-order valence-corrected chi connectivity index (χ1v) is 5.26. The van der Waals surface area contributed by atoms with Crippen LogP contribution in [0.5, 0.6) is 11.5 Å². The number of nitrogen functional groups attached to an aromatic ring is 1. The Hall–Kier alpha value is -1.88. The van der Waals surface area contributed by atoms with E-state index in [1.54, 1.807) is 19.4 Å². The Morgan fingerprint density at radius 3 is 2.53 bits per heavy atom. The molecule has 2 aromatic rings. The van der Waals surface area contributed by atoms with Crippen molar-refractivity contribution in [3.63, 3.8) is 0 Å². The summed E-state index contributed by atoms with van der Waals surface area (Å²) in [7, 11) is 3.09. The molecule has 1 aromatic heterocycles. The molecule has 0 aliphatic heterocycles. The highest BCUT2D eigenvalue weighted by Gasteiger charge is 2.16. The van der Waals surface area contributed by atoms with Gasteiger partial charge in [0, 0.05) is 11.1 Å². The molecule has 90 valence electrons. The fourth-order valence-electron chi connectivity index (χ4n) is 1.61. The average Bonchev–Trinajstić information content (AvgIpc) is 2.75. The lowest BCUT2D eigenvalue weighted by Crippen LogP contribution is -1.94. The minimum atomic E-state index is 0.444. The molecule has 3 N–H and O–H groups in total. The first-order chi connectivity index (χ1) is 8.19. The second-order valence-corrected chi connectivity index (χ2v) is 3.74. The highest BCUT2D eigenvalue weighted by molar-refractivity contribution is 6.35. The third kappa shape index (κ3) is 1.89. The topological polar surface area (TPSA) is 73.2 Å². The number of methoxy groups -OCH3 is 2. The van der Waals surface area contributed by atoms with Crippen LogP contribution in [0.25, 0.3) is 11.1 Å². The number of rotatable bonds is 3. The van der Waals surface area contributed by atoms with Crippen LogP contribution in [-0.4, -0.2) is 24.4 Å². The standard InChI is InChI=1S/C11H12ClN3O2/c1-16-8-4-3-6(9(12)10(8)17-2)7-5-14-15-11(7)13/h3-5H,1-2H3,(H3,13,14,15). The summed E-state index contributed by atoms with van der Waals surface area (Å²) in [5, 5.41) is 6.96. The van der Waals surface area contributed by atoms with Gasteiger partial charge >= 0.3 is 0 Å². The number of nitrogens with two attached hydrogens (primary N) is 1. The molecule has 1 heterocycles. The number of H-pyrrole nitrogens is 1. The molecule has 0 aliphatic carbocycles. The molecular formula is C11H12ClN3O2. The summed E-state index contributed by atoms with van der Waals surface area (Å²) in [6, 6.07) is 3.58. The lowest BCUT2D eigenvalue weighted by molar-refractivity contribution is 0.355. The monoisotopic (exact) mass is 253 g/mol. The molecule has 0 atom stereocenters. The van der Waals surface area contributed by atoms with E-state index < -0.39 is 0 Å². The third-order valence-electron chi connectivity index (χ3n) is 2.44. The molecule has 6 heteroatoms. The minimum absolute atomic E-state index is 0.444. The van der Waals surface area contributed by atoms with E-state index in [-0.39, 0.29) is 0 Å². The van der Waals surface area contributed by atoms with Gasteiger partial charge in [-0.2, -0.15) is 5.10 Å². The summed E-state index contributed by atoms with van der Waals surface area (Å²) < 4.78 is 10.4. The van der Waals surface area contributed by atoms with Gasteiger partial charge < -0.3 is 15.2 Å². The van der Waals surface area contributed by atoms with E-state index in [0.717, 1.165) is 11.1 Å². The molecular weight excluding hydrogens is 242 g/mol. The summed E-state index contributed by atoms with van der Waals surface area (Å²) in [6.45, 7) is 0. The SMILES string of the molecule is COc1ccc(-c2cn[nH]c2N)c(Cl)c1OC. The Bertz CT molecular complexity index is 540. The van der Waals surface area contributed by atoms with Crippen molar-refractivity contribution in [2.45, 2.75) is 0 Å². The van der Waals surface area contributed by atoms with E-state index in [0.29, 0.717) is 22.3 Å². The van der Waals surface area contributed by atoms with Gasteiger partial charge in [0.25, 0.3) is 0 Å². The lowest BCUT2D eigenvalue weighted by atomic mass is 10.1. The average molecular weight is 254 g/mol. The first kappa shape index (κ1) is 11.6. The van der Waals surface area contributed by atoms with Gasteiger partial charge in [-0.3, -0.25) is 5.10 Å². The van der Waals surface area contributed by atoms with Crippen LogP contribution in [0.3, 0.4) is 0 Å². The number of hydrogen-bond donors (Lipinski definition) is 2. The van der Waals surface area contributed by atoms with Crippen LogP contribution in [0.15, 0.2) is 18.3 Å². The van der Waals surface area contributed by atoms with Crippen molar-refractivity contribution in [2.75, 3.05) is 20.0 Å². The number of ether oxygens (including phenoxy) is 2. The molecule has 2 rings (SSSR count). The van der Waals surface area contributed by atoms with Crippen molar-refractivity contribution in [2.24, 2.45) is 0 Å². The highest BCUT2D eigenvalue weighted by Crippen LogP contribution is 2.42. The van der Waals surface area contributed by atoms with E-state index >= 15 is 0 Å². The summed E-state index contributed by atoms with van der Waals surface area (Å²) >= 11 is 6.25. The maximum Gasteiger partial charge on any atom is 0.180 e. The van der Waals surface area contributed by atoms with Crippen LogP contribution in [0.1, 0.15) is 0 Å². The Morgan fingerprint density at radius 1 is 1.24 bits per heavy atom. The van der Waals surface area contributed by atoms with Crippen LogP contribution in [-0.2, 0) is 0 Å². The first-order valence-electron chi connectivity index (χ1n) is 4.88. The number of anilines is 1. The summed E-state index contributed by atoms with van der Waals surface area (Å²) in [5.41, 5.74) is 7.23. The smallest absolute Gasteiger partial charge is 0.180 e. The maximum atomic E-state index is 6.25. The molecule has 0 radical (unpaired) electrons. The predicted molar refractivity (Wildman–Crippen MR) is 66.6 cm³/mol. The summed E-state index contributed by atoms with van der Waals surface area (Å²) in [6.07, 6.45) is 1.61. The number of hydrogen-bond acceptors (Lipinski definition) is 4. The minimum Gasteiger partial charge on any atom is -0.493 e. The van der Waals surface area contributed by atoms with Gasteiger partial charge in [0.15, 0.2) is 11.5 Å². The van der Waals surface area contributed by atoms with Crippen LogP contribution in [0, 0.1) is 0 Å². The molecule has 17 heavy (non-hydrogen) atoms. The third-order valence-corrected chi connectivity index (χ3v) is 2.82. The maximum absolute atomic E-state index is 6.25. The zero-order valence-corrected chi connectivity index (χ0v) is 10.2. The molecule has 0 fully saturated rings. The van der Waals surface area contributed by atoms with Crippen LogP contribution >= 0.6 is 11.6 Å². The van der Waals surface area contributed by atoms with Crippen LogP contribution in [0.4, 0.5) is 5.82 Å². The van der Waals surface area contributed by atoms with E-state index in [2.05, 4.69) is 10.2 Å². The van der Waals surface area contributed by atoms with Gasteiger partial charge in [-0.25, -0.2) is 0 Å². The number of aromatic nitrogens is 2. The number of benzene rings is 1. The van der Waals surface area contributed by atoms with Crippen molar-refractivity contribution in [1.82, 2.24) is 10.2 Å². The Morgan fingerprint density at radius 2 is 2.00 bits per heavy atom. The second-order valence-electron chi connectivity index (χ2n) is 3.36. The normalized spacial score (nSPS) is 10.3.